The Morgan fingerprint density at radius 3 is 2.77 bits per heavy atom. The van der Waals surface area contributed by atoms with Gasteiger partial charge in [0.1, 0.15) is 0 Å². The first kappa shape index (κ1) is 20.2. The van der Waals surface area contributed by atoms with Crippen molar-refractivity contribution in [2.24, 2.45) is 10.9 Å². The minimum absolute atomic E-state index is 0.0180. The number of nitrogens with one attached hydrogen (secondary N) is 2. The molecule has 146 valence electrons. The molecule has 1 aliphatic carbocycles. The molecule has 5 nitrogen and oxygen atoms in total. The number of phenols is 1. The molecule has 26 heavy (non-hydrogen) atoms. The van der Waals surface area contributed by atoms with Crippen molar-refractivity contribution in [1.82, 2.24) is 10.6 Å². The smallest absolute Gasteiger partial charge is 0.391 e. The number of para-hydroxylation sites is 1. The van der Waals surface area contributed by atoms with Crippen LogP contribution in [-0.4, -0.2) is 36.9 Å². The van der Waals surface area contributed by atoms with Crippen LogP contribution in [0.15, 0.2) is 23.2 Å². The molecule has 0 saturated heterocycles. The zero-order valence-corrected chi connectivity index (χ0v) is 15.1. The van der Waals surface area contributed by atoms with E-state index in [-0.39, 0.29) is 31.2 Å². The Kier molecular flexibility index (Phi) is 6.99. The number of guanidine groups is 1. The highest BCUT2D eigenvalue weighted by atomic mass is 19.4. The third-order valence-corrected chi connectivity index (χ3v) is 4.53. The third-order valence-electron chi connectivity index (χ3n) is 4.53. The van der Waals surface area contributed by atoms with E-state index >= 15 is 0 Å². The van der Waals surface area contributed by atoms with Crippen molar-refractivity contribution in [2.75, 3.05) is 13.7 Å². The van der Waals surface area contributed by atoms with Gasteiger partial charge < -0.3 is 20.5 Å². The van der Waals surface area contributed by atoms with E-state index in [1.165, 1.54) is 7.11 Å². The van der Waals surface area contributed by atoms with Crippen LogP contribution in [0.1, 0.15) is 38.2 Å². The summed E-state index contributed by atoms with van der Waals surface area (Å²) in [5, 5.41) is 16.3. The number of rotatable bonds is 5. The average Bonchev–Trinajstić information content (AvgIpc) is 2.60. The molecule has 0 heterocycles. The number of alkyl halides is 3. The first-order valence-electron chi connectivity index (χ1n) is 8.81. The maximum absolute atomic E-state index is 13.0. The molecule has 1 aliphatic rings. The summed E-state index contributed by atoms with van der Waals surface area (Å²) < 4.78 is 44.0. The van der Waals surface area contributed by atoms with Gasteiger partial charge in [0, 0.05) is 18.2 Å². The molecule has 3 N–H and O–H groups in total. The van der Waals surface area contributed by atoms with Gasteiger partial charge in [-0.25, -0.2) is 4.99 Å². The summed E-state index contributed by atoms with van der Waals surface area (Å²) in [5.41, 5.74) is 0.582. The molecule has 0 radical (unpaired) electrons. The fraction of sp³-hybridized carbons (Fsp3) is 0.611. The number of hydrogen-bond acceptors (Lipinski definition) is 3. The van der Waals surface area contributed by atoms with E-state index in [9.17, 15) is 18.3 Å². The highest BCUT2D eigenvalue weighted by Gasteiger charge is 2.42. The number of methoxy groups -OCH3 is 1. The maximum Gasteiger partial charge on any atom is 0.391 e. The van der Waals surface area contributed by atoms with Gasteiger partial charge in [0.2, 0.25) is 0 Å². The lowest BCUT2D eigenvalue weighted by molar-refractivity contribution is -0.183. The predicted molar refractivity (Wildman–Crippen MR) is 94.4 cm³/mol. The summed E-state index contributed by atoms with van der Waals surface area (Å²) in [5.74, 6) is -0.443. The summed E-state index contributed by atoms with van der Waals surface area (Å²) in [7, 11) is 1.47. The molecular formula is C18H26F3N3O2. The molecule has 1 saturated carbocycles. The van der Waals surface area contributed by atoms with Crippen LogP contribution in [0.25, 0.3) is 0 Å². The molecule has 2 unspecified atom stereocenters. The van der Waals surface area contributed by atoms with Crippen molar-refractivity contribution in [1.29, 1.82) is 0 Å². The highest BCUT2D eigenvalue weighted by molar-refractivity contribution is 5.80. The largest absolute Gasteiger partial charge is 0.504 e. The number of benzene rings is 1. The number of aromatic hydroxyl groups is 1. The molecule has 0 bridgehead atoms. The van der Waals surface area contributed by atoms with Gasteiger partial charge in [-0.3, -0.25) is 0 Å². The minimum atomic E-state index is -4.15. The second kappa shape index (κ2) is 9.00. The normalized spacial score (nSPS) is 21.3. The van der Waals surface area contributed by atoms with Gasteiger partial charge in [-0.15, -0.1) is 0 Å². The van der Waals surface area contributed by atoms with Crippen molar-refractivity contribution < 1.29 is 23.0 Å². The number of halogens is 3. The third kappa shape index (κ3) is 5.44. The maximum atomic E-state index is 13.0. The van der Waals surface area contributed by atoms with Gasteiger partial charge in [-0.05, 0) is 32.3 Å². The number of phenolic OH excluding ortho intramolecular Hbond substituents is 1. The molecular weight excluding hydrogens is 347 g/mol. The molecule has 1 aromatic carbocycles. The summed E-state index contributed by atoms with van der Waals surface area (Å²) in [6.07, 6.45) is -2.69. The molecule has 0 aliphatic heterocycles. The molecule has 2 rings (SSSR count). The van der Waals surface area contributed by atoms with E-state index in [0.29, 0.717) is 36.7 Å². The molecule has 0 amide bonds. The van der Waals surface area contributed by atoms with Gasteiger partial charge in [0.25, 0.3) is 0 Å². The summed E-state index contributed by atoms with van der Waals surface area (Å²) >= 11 is 0. The summed E-state index contributed by atoms with van der Waals surface area (Å²) in [4.78, 5) is 4.40. The van der Waals surface area contributed by atoms with Crippen molar-refractivity contribution in [3.63, 3.8) is 0 Å². The van der Waals surface area contributed by atoms with E-state index in [4.69, 9.17) is 4.74 Å². The van der Waals surface area contributed by atoms with Crippen LogP contribution in [0.2, 0.25) is 0 Å². The fourth-order valence-corrected chi connectivity index (χ4v) is 3.16. The zero-order chi connectivity index (χ0) is 19.2. The minimum Gasteiger partial charge on any atom is -0.504 e. The molecule has 0 aromatic heterocycles. The Balaban J connectivity index is 2.05. The SMILES string of the molecule is CCNC(=NCc1cccc(OC)c1O)NC1CCCC(C(F)(F)F)C1. The van der Waals surface area contributed by atoms with Gasteiger partial charge in [0.05, 0.1) is 19.6 Å². The molecule has 1 fully saturated rings. The van der Waals surface area contributed by atoms with Crippen molar-refractivity contribution in [3.8, 4) is 11.5 Å². The lowest BCUT2D eigenvalue weighted by atomic mass is 9.85. The molecule has 2 atom stereocenters. The quantitative estimate of drug-likeness (QED) is 0.545. The van der Waals surface area contributed by atoms with Crippen LogP contribution in [0.3, 0.4) is 0 Å². The van der Waals surface area contributed by atoms with E-state index < -0.39 is 12.1 Å². The topological polar surface area (TPSA) is 65.9 Å². The Hall–Kier alpha value is -2.12. The second-order valence-corrected chi connectivity index (χ2v) is 6.41. The van der Waals surface area contributed by atoms with Crippen LogP contribution in [0, 0.1) is 5.92 Å². The van der Waals surface area contributed by atoms with E-state index in [1.807, 2.05) is 6.92 Å². The predicted octanol–water partition coefficient (Wildman–Crippen LogP) is 3.58. The van der Waals surface area contributed by atoms with Crippen molar-refractivity contribution in [3.05, 3.63) is 23.8 Å². The highest BCUT2D eigenvalue weighted by Crippen LogP contribution is 2.37. The first-order chi connectivity index (χ1) is 12.3. The van der Waals surface area contributed by atoms with E-state index in [2.05, 4.69) is 15.6 Å². The fourth-order valence-electron chi connectivity index (χ4n) is 3.16. The van der Waals surface area contributed by atoms with E-state index in [1.54, 1.807) is 18.2 Å². The Morgan fingerprint density at radius 1 is 1.35 bits per heavy atom. The Labute approximate surface area is 151 Å². The average molecular weight is 373 g/mol. The summed E-state index contributed by atoms with van der Waals surface area (Å²) in [6.45, 7) is 2.67. The standard InChI is InChI=1S/C18H26F3N3O2/c1-3-22-17(23-11-12-6-4-9-15(26-2)16(12)25)24-14-8-5-7-13(10-14)18(19,20)21/h4,6,9,13-14,25H,3,5,7-8,10-11H2,1-2H3,(H2,22,23,24). The van der Waals surface area contributed by atoms with Gasteiger partial charge in [-0.1, -0.05) is 18.6 Å². The van der Waals surface area contributed by atoms with Crippen molar-refractivity contribution in [2.45, 2.75) is 51.4 Å². The number of aliphatic imine (C=N–C) groups is 1. The number of nitrogens with zero attached hydrogens (tertiary/aromatic N) is 1. The van der Waals surface area contributed by atoms with Crippen LogP contribution in [0.5, 0.6) is 11.5 Å². The van der Waals surface area contributed by atoms with Crippen molar-refractivity contribution >= 4 is 5.96 Å². The lowest BCUT2D eigenvalue weighted by Gasteiger charge is -2.31. The van der Waals surface area contributed by atoms with E-state index in [0.717, 1.165) is 0 Å². The van der Waals surface area contributed by atoms with Crippen LogP contribution in [0.4, 0.5) is 13.2 Å². The molecule has 8 heteroatoms. The molecule has 0 spiro atoms. The van der Waals surface area contributed by atoms with Crippen LogP contribution in [-0.2, 0) is 6.54 Å². The molecule has 1 aromatic rings. The van der Waals surface area contributed by atoms with Gasteiger partial charge >= 0.3 is 6.18 Å². The number of ether oxygens (including phenoxy) is 1. The van der Waals surface area contributed by atoms with Gasteiger partial charge in [0.15, 0.2) is 17.5 Å². The monoisotopic (exact) mass is 373 g/mol. The zero-order valence-electron chi connectivity index (χ0n) is 15.1. The Morgan fingerprint density at radius 2 is 2.12 bits per heavy atom. The van der Waals surface area contributed by atoms with Crippen LogP contribution >= 0.6 is 0 Å². The lowest BCUT2D eigenvalue weighted by Crippen LogP contribution is -2.46. The second-order valence-electron chi connectivity index (χ2n) is 6.41. The number of hydrogen-bond donors (Lipinski definition) is 3. The first-order valence-corrected chi connectivity index (χ1v) is 8.81. The Bertz CT molecular complexity index is 620. The van der Waals surface area contributed by atoms with Gasteiger partial charge in [-0.2, -0.15) is 13.2 Å². The van der Waals surface area contributed by atoms with Crippen LogP contribution < -0.4 is 15.4 Å². The summed E-state index contributed by atoms with van der Waals surface area (Å²) in [6, 6.07) is 4.85.